The lowest BCUT2D eigenvalue weighted by Crippen LogP contribution is -2.36. The predicted molar refractivity (Wildman–Crippen MR) is 118 cm³/mol. The number of rotatable bonds is 9. The largest absolute Gasteiger partial charge is 0.406 e. The van der Waals surface area contributed by atoms with Crippen LogP contribution in [0.3, 0.4) is 0 Å². The highest BCUT2D eigenvalue weighted by molar-refractivity contribution is 7.94. The molecule has 3 rings (SSSR count). The maximum absolute atomic E-state index is 14.5. The summed E-state index contributed by atoms with van der Waals surface area (Å²) < 4.78 is 81.7. The summed E-state index contributed by atoms with van der Waals surface area (Å²) in [5.41, 5.74) is -1.31. The molecule has 0 spiro atoms. The molecular formula is C21H25F4N3O5S. The number of alkyl halides is 3. The van der Waals surface area contributed by atoms with Gasteiger partial charge in [-0.2, -0.15) is 13.2 Å². The summed E-state index contributed by atoms with van der Waals surface area (Å²) in [4.78, 5) is 12.6. The third-order valence-corrected chi connectivity index (χ3v) is 7.83. The minimum Gasteiger partial charge on any atom is -0.394 e. The molecule has 1 saturated carbocycles. The number of anilines is 3. The number of sulfonamides is 1. The molecular weight excluding hydrogens is 482 g/mol. The molecule has 1 unspecified atom stereocenters. The van der Waals surface area contributed by atoms with Gasteiger partial charge in [-0.15, -0.1) is 0 Å². The molecule has 1 fully saturated rings. The van der Waals surface area contributed by atoms with Crippen LogP contribution in [0.2, 0.25) is 0 Å². The molecule has 0 bridgehead atoms. The minimum absolute atomic E-state index is 0.163. The Hall–Kier alpha value is -2.64. The SMILES string of the molecule is Cc1ccc(Nc2c(NS(=O)(=O)C3(CC(O)CO)CC3)cc(C)c(=O)n2CC(F)(F)F)c(F)c1. The van der Waals surface area contributed by atoms with Crippen molar-refractivity contribution in [2.24, 2.45) is 0 Å². The smallest absolute Gasteiger partial charge is 0.394 e. The van der Waals surface area contributed by atoms with Gasteiger partial charge in [-0.1, -0.05) is 6.07 Å². The van der Waals surface area contributed by atoms with Crippen molar-refractivity contribution in [3.63, 3.8) is 0 Å². The zero-order valence-electron chi connectivity index (χ0n) is 18.4. The first-order valence-corrected chi connectivity index (χ1v) is 11.8. The number of aromatic nitrogens is 1. The normalized spacial score (nSPS) is 16.2. The summed E-state index contributed by atoms with van der Waals surface area (Å²) in [6, 6.07) is 4.94. The first kappa shape index (κ1) is 26.0. The first-order chi connectivity index (χ1) is 15.7. The van der Waals surface area contributed by atoms with Crippen LogP contribution in [0, 0.1) is 19.7 Å². The Bertz CT molecular complexity index is 1240. The Morgan fingerprint density at radius 1 is 1.18 bits per heavy atom. The molecule has 1 aromatic heterocycles. The number of benzene rings is 1. The lowest BCUT2D eigenvalue weighted by atomic mass is 10.2. The summed E-state index contributed by atoms with van der Waals surface area (Å²) in [5.74, 6) is -1.40. The van der Waals surface area contributed by atoms with Crippen molar-refractivity contribution >= 4 is 27.2 Å². The van der Waals surface area contributed by atoms with Crippen molar-refractivity contribution in [2.75, 3.05) is 16.6 Å². The number of nitrogens with zero attached hydrogens (tertiary/aromatic N) is 1. The molecule has 0 saturated heterocycles. The number of aliphatic hydroxyl groups excluding tert-OH is 2. The Morgan fingerprint density at radius 3 is 2.35 bits per heavy atom. The van der Waals surface area contributed by atoms with E-state index in [9.17, 15) is 35.9 Å². The van der Waals surface area contributed by atoms with Gasteiger partial charge in [-0.3, -0.25) is 14.1 Å². The average Bonchev–Trinajstić information content (AvgIpc) is 3.50. The van der Waals surface area contributed by atoms with Crippen LogP contribution in [0.25, 0.3) is 0 Å². The topological polar surface area (TPSA) is 121 Å². The van der Waals surface area contributed by atoms with Crippen LogP contribution in [-0.4, -0.2) is 46.8 Å². The second-order valence-corrected chi connectivity index (χ2v) is 10.6. The summed E-state index contributed by atoms with van der Waals surface area (Å²) >= 11 is 0. The maximum Gasteiger partial charge on any atom is 0.406 e. The molecule has 1 aromatic carbocycles. The van der Waals surface area contributed by atoms with Crippen LogP contribution in [0.5, 0.6) is 0 Å². The second kappa shape index (κ2) is 9.19. The number of aliphatic hydroxyl groups is 2. The molecule has 1 heterocycles. The number of pyridine rings is 1. The summed E-state index contributed by atoms with van der Waals surface area (Å²) in [6.45, 7) is 0.429. The van der Waals surface area contributed by atoms with Crippen LogP contribution >= 0.6 is 0 Å². The van der Waals surface area contributed by atoms with Crippen LogP contribution in [0.4, 0.5) is 34.8 Å². The Balaban J connectivity index is 2.13. The number of aryl methyl sites for hydroxylation is 2. The van der Waals surface area contributed by atoms with Crippen LogP contribution in [0.15, 0.2) is 29.1 Å². The van der Waals surface area contributed by atoms with Crippen LogP contribution < -0.4 is 15.6 Å². The van der Waals surface area contributed by atoms with Gasteiger partial charge in [0.25, 0.3) is 5.56 Å². The van der Waals surface area contributed by atoms with Crippen molar-refractivity contribution in [3.05, 3.63) is 51.6 Å². The molecule has 0 aliphatic heterocycles. The highest BCUT2D eigenvalue weighted by atomic mass is 32.2. The fraction of sp³-hybridized carbons (Fsp3) is 0.476. The minimum atomic E-state index is -4.83. The highest BCUT2D eigenvalue weighted by Gasteiger charge is 2.55. The predicted octanol–water partition coefficient (Wildman–Crippen LogP) is 2.93. The van der Waals surface area contributed by atoms with E-state index in [1.807, 2.05) is 0 Å². The zero-order valence-corrected chi connectivity index (χ0v) is 19.2. The third kappa shape index (κ3) is 5.53. The number of nitrogens with one attached hydrogen (secondary N) is 2. The van der Waals surface area contributed by atoms with Gasteiger partial charge >= 0.3 is 6.18 Å². The van der Waals surface area contributed by atoms with Gasteiger partial charge in [-0.25, -0.2) is 12.8 Å². The van der Waals surface area contributed by atoms with Gasteiger partial charge in [0.15, 0.2) is 0 Å². The summed E-state index contributed by atoms with van der Waals surface area (Å²) in [5, 5.41) is 21.3. The highest BCUT2D eigenvalue weighted by Crippen LogP contribution is 2.48. The van der Waals surface area contributed by atoms with Crippen LogP contribution in [-0.2, 0) is 16.6 Å². The summed E-state index contributed by atoms with van der Waals surface area (Å²) in [7, 11) is -4.28. The molecule has 4 N–H and O–H groups in total. The Morgan fingerprint density at radius 2 is 1.82 bits per heavy atom. The summed E-state index contributed by atoms with van der Waals surface area (Å²) in [6.07, 6.45) is -6.10. The van der Waals surface area contributed by atoms with E-state index in [0.717, 1.165) is 12.1 Å². The molecule has 2 aromatic rings. The van der Waals surface area contributed by atoms with Crippen molar-refractivity contribution in [2.45, 2.75) is 56.7 Å². The molecule has 1 aliphatic rings. The molecule has 34 heavy (non-hydrogen) atoms. The van der Waals surface area contributed by atoms with E-state index in [0.29, 0.717) is 10.1 Å². The molecule has 0 radical (unpaired) electrons. The lowest BCUT2D eigenvalue weighted by molar-refractivity contribution is -0.140. The van der Waals surface area contributed by atoms with Gasteiger partial charge in [-0.05, 0) is 56.9 Å². The lowest BCUT2D eigenvalue weighted by Gasteiger charge is -2.24. The van der Waals surface area contributed by atoms with Crippen molar-refractivity contribution in [3.8, 4) is 0 Å². The number of halogens is 4. The van der Waals surface area contributed by atoms with E-state index < -0.39 is 57.4 Å². The molecule has 1 atom stereocenters. The van der Waals surface area contributed by atoms with Crippen molar-refractivity contribution in [1.82, 2.24) is 4.57 Å². The molecule has 8 nitrogen and oxygen atoms in total. The molecule has 1 aliphatic carbocycles. The quantitative estimate of drug-likeness (QED) is 0.388. The van der Waals surface area contributed by atoms with E-state index in [2.05, 4.69) is 10.0 Å². The Kier molecular flexibility index (Phi) is 7.02. The van der Waals surface area contributed by atoms with Crippen LogP contribution in [0.1, 0.15) is 30.4 Å². The fourth-order valence-electron chi connectivity index (χ4n) is 3.67. The second-order valence-electron chi connectivity index (χ2n) is 8.53. The van der Waals surface area contributed by atoms with E-state index >= 15 is 0 Å². The van der Waals surface area contributed by atoms with E-state index in [-0.39, 0.29) is 36.2 Å². The maximum atomic E-state index is 14.5. The number of hydrogen-bond donors (Lipinski definition) is 4. The van der Waals surface area contributed by atoms with Gasteiger partial charge in [0, 0.05) is 5.56 Å². The number of hydrogen-bond acceptors (Lipinski definition) is 6. The van der Waals surface area contributed by atoms with E-state index in [4.69, 9.17) is 5.11 Å². The molecule has 188 valence electrons. The van der Waals surface area contributed by atoms with Gasteiger partial charge in [0.2, 0.25) is 10.0 Å². The van der Waals surface area contributed by atoms with E-state index in [1.165, 1.54) is 19.1 Å². The van der Waals surface area contributed by atoms with Gasteiger partial charge in [0.05, 0.1) is 28.8 Å². The average molecular weight is 508 g/mol. The van der Waals surface area contributed by atoms with Gasteiger partial charge < -0.3 is 15.5 Å². The Labute approximate surface area is 193 Å². The third-order valence-electron chi connectivity index (χ3n) is 5.62. The van der Waals surface area contributed by atoms with Crippen molar-refractivity contribution < 1.29 is 36.2 Å². The van der Waals surface area contributed by atoms with Crippen molar-refractivity contribution in [1.29, 1.82) is 0 Å². The molecule has 0 amide bonds. The zero-order chi connectivity index (χ0) is 25.5. The van der Waals surface area contributed by atoms with Gasteiger partial charge in [0.1, 0.15) is 18.2 Å². The standard InChI is InChI=1S/C21H25F4N3O5S/c1-12-3-4-16(15(22)7-12)26-18-17(8-13(2)19(31)28(18)11-21(23,24)25)27-34(32,33)20(5-6-20)9-14(30)10-29/h3-4,7-8,14,26-27,29-30H,5-6,9-11H2,1-2H3. The fourth-order valence-corrected chi connectivity index (χ4v) is 5.38. The monoisotopic (exact) mass is 507 g/mol. The molecule has 13 heteroatoms. The van der Waals surface area contributed by atoms with E-state index in [1.54, 1.807) is 6.92 Å². The first-order valence-electron chi connectivity index (χ1n) is 10.3.